The minimum Gasteiger partial charge on any atom is -0.312 e. The van der Waals surface area contributed by atoms with Crippen LogP contribution in [0, 0.1) is 0 Å². The van der Waals surface area contributed by atoms with Crippen LogP contribution in [0.15, 0.2) is 59.3 Å². The number of carbonyl (C=O) groups is 1. The first-order chi connectivity index (χ1) is 11.9. The second-order valence-electron chi connectivity index (χ2n) is 5.19. The van der Waals surface area contributed by atoms with E-state index in [1.807, 2.05) is 0 Å². The Balaban J connectivity index is 2.20. The molecule has 0 unspecified atom stereocenters. The van der Waals surface area contributed by atoms with Crippen LogP contribution in [-0.4, -0.2) is 35.1 Å². The molecule has 0 N–H and O–H groups in total. The molecule has 2 aromatic heterocycles. The van der Waals surface area contributed by atoms with Crippen molar-refractivity contribution in [2.24, 2.45) is 4.99 Å². The smallest absolute Gasteiger partial charge is 0.299 e. The van der Waals surface area contributed by atoms with Crippen molar-refractivity contribution in [3.63, 3.8) is 0 Å². The van der Waals surface area contributed by atoms with Crippen LogP contribution in [0.4, 0.5) is 0 Å². The number of thiazole rings is 1. The molecule has 128 valence electrons. The summed E-state index contributed by atoms with van der Waals surface area (Å²) in [6, 6.07) is 4.83. The molecule has 3 rings (SSSR count). The Morgan fingerprint density at radius 3 is 2.84 bits per heavy atom. The molecular weight excluding hydrogens is 360 g/mol. The number of sulfone groups is 1. The second-order valence-corrected chi connectivity index (χ2v) is 8.22. The van der Waals surface area contributed by atoms with Gasteiger partial charge in [0.2, 0.25) is 0 Å². The minimum atomic E-state index is -3.31. The first-order valence-corrected chi connectivity index (χ1v) is 9.90. The van der Waals surface area contributed by atoms with Crippen molar-refractivity contribution >= 4 is 37.3 Å². The maximum Gasteiger partial charge on any atom is 0.299 e. The van der Waals surface area contributed by atoms with Gasteiger partial charge in [-0.2, -0.15) is 4.99 Å². The highest BCUT2D eigenvalue weighted by atomic mass is 32.2. The molecule has 2 heterocycles. The van der Waals surface area contributed by atoms with Crippen LogP contribution in [0.2, 0.25) is 0 Å². The molecule has 0 bridgehead atoms. The van der Waals surface area contributed by atoms with E-state index in [0.29, 0.717) is 11.3 Å². The van der Waals surface area contributed by atoms with E-state index in [1.165, 1.54) is 36.0 Å². The highest BCUT2D eigenvalue weighted by Gasteiger charge is 2.13. The van der Waals surface area contributed by atoms with E-state index in [2.05, 4.69) is 21.5 Å². The molecule has 0 saturated carbocycles. The van der Waals surface area contributed by atoms with Gasteiger partial charge in [-0.15, -0.1) is 6.58 Å². The van der Waals surface area contributed by atoms with Crippen LogP contribution in [0.5, 0.6) is 0 Å². The third kappa shape index (κ3) is 3.57. The van der Waals surface area contributed by atoms with Crippen LogP contribution in [-0.2, 0) is 16.4 Å². The van der Waals surface area contributed by atoms with Gasteiger partial charge in [-0.3, -0.25) is 9.78 Å². The zero-order chi connectivity index (χ0) is 18.0. The van der Waals surface area contributed by atoms with Crippen LogP contribution in [0.25, 0.3) is 10.2 Å². The van der Waals surface area contributed by atoms with Gasteiger partial charge < -0.3 is 4.57 Å². The summed E-state index contributed by atoms with van der Waals surface area (Å²) in [5.74, 6) is -0.513. The molecule has 3 aromatic rings. The van der Waals surface area contributed by atoms with Crippen LogP contribution in [0.1, 0.15) is 10.5 Å². The zero-order valence-electron chi connectivity index (χ0n) is 13.3. The molecule has 0 aliphatic heterocycles. The van der Waals surface area contributed by atoms with Crippen LogP contribution in [0.3, 0.4) is 0 Å². The van der Waals surface area contributed by atoms with E-state index in [-0.39, 0.29) is 10.6 Å². The number of aromatic nitrogens is 3. The van der Waals surface area contributed by atoms with Crippen molar-refractivity contribution in [1.29, 1.82) is 0 Å². The Bertz CT molecular complexity index is 1130. The van der Waals surface area contributed by atoms with Crippen molar-refractivity contribution < 1.29 is 13.2 Å². The van der Waals surface area contributed by atoms with Crippen molar-refractivity contribution in [2.45, 2.75) is 11.4 Å². The molecule has 0 radical (unpaired) electrons. The van der Waals surface area contributed by atoms with E-state index in [4.69, 9.17) is 0 Å². The van der Waals surface area contributed by atoms with Gasteiger partial charge in [0.1, 0.15) is 5.69 Å². The Morgan fingerprint density at radius 1 is 1.40 bits per heavy atom. The van der Waals surface area contributed by atoms with Gasteiger partial charge in [0.15, 0.2) is 14.6 Å². The lowest BCUT2D eigenvalue weighted by atomic mass is 10.3. The van der Waals surface area contributed by atoms with Crippen LogP contribution >= 0.6 is 11.3 Å². The van der Waals surface area contributed by atoms with Gasteiger partial charge in [0, 0.05) is 25.2 Å². The number of nitrogens with zero attached hydrogens (tertiary/aromatic N) is 4. The first-order valence-electron chi connectivity index (χ1n) is 7.19. The van der Waals surface area contributed by atoms with Crippen molar-refractivity contribution in [3.05, 3.63) is 59.9 Å². The molecule has 1 amide bonds. The average molecular weight is 374 g/mol. The predicted octanol–water partition coefficient (Wildman–Crippen LogP) is 1.82. The fraction of sp³-hybridized carbons (Fsp3) is 0.125. The van der Waals surface area contributed by atoms with Gasteiger partial charge in [-0.05, 0) is 18.2 Å². The largest absolute Gasteiger partial charge is 0.312 e. The molecule has 0 spiro atoms. The molecule has 1 aromatic carbocycles. The number of rotatable bonds is 4. The lowest BCUT2D eigenvalue weighted by molar-refractivity contribution is 0.0992. The standard InChI is InChI=1S/C16H14N4O3S2/c1-3-8-20-13-5-4-11(25(2,22)23)9-14(13)24-16(20)19-15(21)12-10-17-6-7-18-12/h3-7,9-10H,1,8H2,2H3. The number of carbonyl (C=O) groups excluding carboxylic acids is 1. The van der Waals surface area contributed by atoms with E-state index in [0.717, 1.165) is 16.5 Å². The quantitative estimate of drug-likeness (QED) is 0.649. The fourth-order valence-electron chi connectivity index (χ4n) is 2.23. The number of hydrogen-bond donors (Lipinski definition) is 0. The summed E-state index contributed by atoms with van der Waals surface area (Å²) in [4.78, 5) is 24.9. The molecule has 7 nitrogen and oxygen atoms in total. The fourth-order valence-corrected chi connectivity index (χ4v) is 4.03. The maximum atomic E-state index is 12.3. The van der Waals surface area contributed by atoms with Gasteiger partial charge in [-0.25, -0.2) is 13.4 Å². The zero-order valence-corrected chi connectivity index (χ0v) is 14.9. The predicted molar refractivity (Wildman–Crippen MR) is 95.0 cm³/mol. The first kappa shape index (κ1) is 17.2. The second kappa shape index (κ2) is 6.69. The van der Waals surface area contributed by atoms with E-state index in [1.54, 1.807) is 22.8 Å². The van der Waals surface area contributed by atoms with Crippen molar-refractivity contribution in [1.82, 2.24) is 14.5 Å². The monoisotopic (exact) mass is 374 g/mol. The number of hydrogen-bond acceptors (Lipinski definition) is 6. The van der Waals surface area contributed by atoms with E-state index >= 15 is 0 Å². The van der Waals surface area contributed by atoms with Gasteiger partial charge in [0.25, 0.3) is 5.91 Å². The molecule has 0 saturated heterocycles. The number of fused-ring (bicyclic) bond motifs is 1. The summed E-state index contributed by atoms with van der Waals surface area (Å²) in [7, 11) is -3.31. The number of benzene rings is 1. The lowest BCUT2D eigenvalue weighted by Gasteiger charge is -2.02. The summed E-state index contributed by atoms with van der Waals surface area (Å²) in [5.41, 5.74) is 0.921. The Morgan fingerprint density at radius 2 is 2.20 bits per heavy atom. The third-order valence-electron chi connectivity index (χ3n) is 3.37. The maximum absolute atomic E-state index is 12.3. The van der Waals surface area contributed by atoms with Crippen LogP contribution < -0.4 is 4.80 Å². The topological polar surface area (TPSA) is 94.3 Å². The molecule has 0 aliphatic carbocycles. The Hall–Kier alpha value is -2.65. The summed E-state index contributed by atoms with van der Waals surface area (Å²) in [5, 5.41) is 0. The Labute approximate surface area is 147 Å². The molecule has 0 aliphatic rings. The minimum absolute atomic E-state index is 0.141. The van der Waals surface area contributed by atoms with Gasteiger partial charge in [0.05, 0.1) is 21.3 Å². The van der Waals surface area contributed by atoms with Gasteiger partial charge >= 0.3 is 0 Å². The van der Waals surface area contributed by atoms with E-state index < -0.39 is 15.7 Å². The summed E-state index contributed by atoms with van der Waals surface area (Å²) in [6.07, 6.45) is 7.08. The summed E-state index contributed by atoms with van der Waals surface area (Å²) >= 11 is 1.23. The molecular formula is C16H14N4O3S2. The molecule has 25 heavy (non-hydrogen) atoms. The highest BCUT2D eigenvalue weighted by molar-refractivity contribution is 7.90. The molecule has 0 atom stereocenters. The van der Waals surface area contributed by atoms with Crippen molar-refractivity contribution in [2.75, 3.05) is 6.26 Å². The SMILES string of the molecule is C=CCn1c(=NC(=O)c2cnccn2)sc2cc(S(C)(=O)=O)ccc21. The normalized spacial score (nSPS) is 12.4. The highest BCUT2D eigenvalue weighted by Crippen LogP contribution is 2.22. The Kier molecular flexibility index (Phi) is 4.60. The summed E-state index contributed by atoms with van der Waals surface area (Å²) < 4.78 is 26.0. The van der Waals surface area contributed by atoms with Crippen molar-refractivity contribution in [3.8, 4) is 0 Å². The average Bonchev–Trinajstić information content (AvgIpc) is 2.92. The summed E-state index contributed by atoms with van der Waals surface area (Å²) in [6.45, 7) is 4.15. The molecule has 0 fully saturated rings. The van der Waals surface area contributed by atoms with Gasteiger partial charge in [-0.1, -0.05) is 17.4 Å². The number of amides is 1. The lowest BCUT2D eigenvalue weighted by Crippen LogP contribution is -2.16. The third-order valence-corrected chi connectivity index (χ3v) is 5.52. The van der Waals surface area contributed by atoms with E-state index in [9.17, 15) is 13.2 Å². The molecule has 9 heteroatoms. The number of allylic oxidation sites excluding steroid dienone is 1.